The lowest BCUT2D eigenvalue weighted by atomic mass is 9.79. The van der Waals surface area contributed by atoms with Gasteiger partial charge in [-0.2, -0.15) is 0 Å². The van der Waals surface area contributed by atoms with Gasteiger partial charge in [-0.15, -0.1) is 0 Å². The van der Waals surface area contributed by atoms with Crippen LogP contribution in [0.1, 0.15) is 44.9 Å². The summed E-state index contributed by atoms with van der Waals surface area (Å²) in [7, 11) is 0. The number of nitrogens with zero attached hydrogens (tertiary/aromatic N) is 4. The molecule has 1 aromatic heterocycles. The highest BCUT2D eigenvalue weighted by Gasteiger charge is 2.43. The van der Waals surface area contributed by atoms with Gasteiger partial charge in [0.15, 0.2) is 0 Å². The van der Waals surface area contributed by atoms with E-state index < -0.39 is 0 Å². The molecule has 132 valence electrons. The molecule has 0 radical (unpaired) electrons. The van der Waals surface area contributed by atoms with Crippen molar-refractivity contribution in [2.75, 3.05) is 31.1 Å². The molecule has 1 atom stereocenters. The maximum atomic E-state index is 9.75. The zero-order valence-corrected chi connectivity index (χ0v) is 15.8. The van der Waals surface area contributed by atoms with Crippen molar-refractivity contribution in [1.82, 2.24) is 14.9 Å². The monoisotopic (exact) mass is 394 g/mol. The Morgan fingerprint density at radius 1 is 1.04 bits per heavy atom. The number of aliphatic hydroxyl groups excluding tert-OH is 1. The van der Waals surface area contributed by atoms with E-state index in [-0.39, 0.29) is 6.10 Å². The molecule has 0 unspecified atom stereocenters. The van der Waals surface area contributed by atoms with E-state index in [0.717, 1.165) is 49.2 Å². The molecule has 4 rings (SSSR count). The van der Waals surface area contributed by atoms with Crippen LogP contribution in [-0.2, 0) is 0 Å². The maximum Gasteiger partial charge on any atom is 0.225 e. The number of anilines is 1. The van der Waals surface area contributed by atoms with Gasteiger partial charge in [-0.3, -0.25) is 4.90 Å². The molecule has 1 spiro atoms. The predicted molar refractivity (Wildman–Crippen MR) is 98.1 cm³/mol. The Balaban J connectivity index is 1.41. The van der Waals surface area contributed by atoms with E-state index in [1.54, 1.807) is 0 Å². The van der Waals surface area contributed by atoms with Crippen molar-refractivity contribution in [1.29, 1.82) is 0 Å². The van der Waals surface area contributed by atoms with E-state index in [9.17, 15) is 5.11 Å². The molecule has 0 amide bonds. The Morgan fingerprint density at radius 2 is 1.79 bits per heavy atom. The summed E-state index contributed by atoms with van der Waals surface area (Å²) >= 11 is 3.42. The summed E-state index contributed by atoms with van der Waals surface area (Å²) in [6.45, 7) is 4.58. The van der Waals surface area contributed by atoms with Gasteiger partial charge in [0.05, 0.1) is 10.6 Å². The van der Waals surface area contributed by atoms with Crippen LogP contribution >= 0.6 is 15.9 Å². The zero-order chi connectivity index (χ0) is 16.6. The van der Waals surface area contributed by atoms with Gasteiger partial charge in [0.25, 0.3) is 0 Å². The highest BCUT2D eigenvalue weighted by Crippen LogP contribution is 2.41. The lowest BCUT2D eigenvalue weighted by Gasteiger charge is -2.41. The maximum absolute atomic E-state index is 9.75. The summed E-state index contributed by atoms with van der Waals surface area (Å²) in [5.41, 5.74) is 0.407. The first kappa shape index (κ1) is 16.7. The molecule has 3 heterocycles. The van der Waals surface area contributed by atoms with E-state index in [4.69, 9.17) is 0 Å². The molecule has 5 nitrogen and oxygen atoms in total. The molecule has 0 aromatic carbocycles. The van der Waals surface area contributed by atoms with Crippen molar-refractivity contribution in [3.8, 4) is 0 Å². The van der Waals surface area contributed by atoms with Gasteiger partial charge in [-0.25, -0.2) is 9.97 Å². The van der Waals surface area contributed by atoms with E-state index in [2.05, 4.69) is 35.7 Å². The Kier molecular flexibility index (Phi) is 4.80. The van der Waals surface area contributed by atoms with Crippen molar-refractivity contribution in [2.24, 2.45) is 5.41 Å². The molecule has 3 aliphatic rings. The quantitative estimate of drug-likeness (QED) is 0.835. The standard InChI is InChI=1S/C18H27BrN4O/c19-14-10-20-17(21-11-14)23-8-1-6-18(13-23)7-9-22(12-18)15-2-4-16(24)5-3-15/h10-11,15-16,24H,1-9,12-13H2/t15-,16+,18-/m1/s1. The van der Waals surface area contributed by atoms with Crippen LogP contribution in [0.2, 0.25) is 0 Å². The summed E-state index contributed by atoms with van der Waals surface area (Å²) in [5.74, 6) is 0.872. The molecular formula is C18H27BrN4O. The van der Waals surface area contributed by atoms with Crippen molar-refractivity contribution in [2.45, 2.75) is 57.1 Å². The van der Waals surface area contributed by atoms with Gasteiger partial charge in [0.1, 0.15) is 0 Å². The third-order valence-electron chi connectivity index (χ3n) is 6.20. The molecular weight excluding hydrogens is 368 g/mol. The fraction of sp³-hybridized carbons (Fsp3) is 0.778. The van der Waals surface area contributed by atoms with Crippen LogP contribution < -0.4 is 4.90 Å². The normalized spacial score (nSPS) is 34.8. The topological polar surface area (TPSA) is 52.5 Å². The van der Waals surface area contributed by atoms with Gasteiger partial charge in [0.2, 0.25) is 5.95 Å². The molecule has 2 aliphatic heterocycles. The number of rotatable bonds is 2. The van der Waals surface area contributed by atoms with Crippen molar-refractivity contribution in [3.05, 3.63) is 16.9 Å². The van der Waals surface area contributed by atoms with Crippen molar-refractivity contribution in [3.63, 3.8) is 0 Å². The molecule has 1 aliphatic carbocycles. The largest absolute Gasteiger partial charge is 0.393 e. The summed E-state index contributed by atoms with van der Waals surface area (Å²) in [6.07, 6.45) is 11.8. The Morgan fingerprint density at radius 3 is 2.54 bits per heavy atom. The molecule has 6 heteroatoms. The zero-order valence-electron chi connectivity index (χ0n) is 14.2. The van der Waals surface area contributed by atoms with Gasteiger partial charge >= 0.3 is 0 Å². The van der Waals surface area contributed by atoms with Crippen LogP contribution in [0.25, 0.3) is 0 Å². The Labute approximate surface area is 152 Å². The van der Waals surface area contributed by atoms with Gasteiger partial charge in [-0.05, 0) is 67.4 Å². The number of piperidine rings is 1. The smallest absolute Gasteiger partial charge is 0.225 e. The number of likely N-dealkylation sites (tertiary alicyclic amines) is 1. The Bertz CT molecular complexity index is 561. The molecule has 1 N–H and O–H groups in total. The number of halogens is 1. The predicted octanol–water partition coefficient (Wildman–Crippen LogP) is 2.83. The van der Waals surface area contributed by atoms with Crippen LogP contribution in [0.4, 0.5) is 5.95 Å². The minimum atomic E-state index is -0.0578. The van der Waals surface area contributed by atoms with Gasteiger partial charge in [0, 0.05) is 43.5 Å². The molecule has 1 aromatic rings. The fourth-order valence-corrected chi connectivity index (χ4v) is 5.09. The van der Waals surface area contributed by atoms with E-state index in [0.29, 0.717) is 11.5 Å². The third-order valence-corrected chi connectivity index (χ3v) is 6.61. The molecule has 24 heavy (non-hydrogen) atoms. The fourth-order valence-electron chi connectivity index (χ4n) is 4.89. The molecule has 0 bridgehead atoms. The second-order valence-electron chi connectivity index (χ2n) is 7.91. The van der Waals surface area contributed by atoms with E-state index >= 15 is 0 Å². The minimum absolute atomic E-state index is 0.0578. The van der Waals surface area contributed by atoms with Crippen LogP contribution in [0.15, 0.2) is 16.9 Å². The summed E-state index contributed by atoms with van der Waals surface area (Å²) in [5, 5.41) is 9.75. The Hall–Kier alpha value is -0.720. The van der Waals surface area contributed by atoms with E-state index in [1.165, 1.54) is 32.4 Å². The number of hydrogen-bond donors (Lipinski definition) is 1. The summed E-state index contributed by atoms with van der Waals surface area (Å²) in [4.78, 5) is 14.1. The third kappa shape index (κ3) is 3.46. The number of aliphatic hydroxyl groups is 1. The number of aromatic nitrogens is 2. The average molecular weight is 395 g/mol. The second kappa shape index (κ2) is 6.89. The second-order valence-corrected chi connectivity index (χ2v) is 8.82. The lowest BCUT2D eigenvalue weighted by Crippen LogP contribution is -2.47. The SMILES string of the molecule is O[C@H]1CC[C@@H](N2CC[C@]3(CCCN(c4ncc(Br)cn4)C3)C2)CC1. The first-order valence-corrected chi connectivity index (χ1v) is 10.1. The lowest BCUT2D eigenvalue weighted by molar-refractivity contribution is 0.0770. The van der Waals surface area contributed by atoms with Crippen LogP contribution in [-0.4, -0.2) is 58.3 Å². The van der Waals surface area contributed by atoms with E-state index in [1.807, 2.05) is 12.4 Å². The highest BCUT2D eigenvalue weighted by atomic mass is 79.9. The van der Waals surface area contributed by atoms with Crippen LogP contribution in [0, 0.1) is 5.41 Å². The first-order valence-electron chi connectivity index (χ1n) is 9.28. The van der Waals surface area contributed by atoms with Crippen LogP contribution in [0.5, 0.6) is 0 Å². The summed E-state index contributed by atoms with van der Waals surface area (Å²) in [6, 6.07) is 0.687. The first-order chi connectivity index (χ1) is 11.6. The number of hydrogen-bond acceptors (Lipinski definition) is 5. The molecule has 2 saturated heterocycles. The highest BCUT2D eigenvalue weighted by molar-refractivity contribution is 9.10. The summed E-state index contributed by atoms with van der Waals surface area (Å²) < 4.78 is 0.935. The minimum Gasteiger partial charge on any atom is -0.393 e. The molecule has 1 saturated carbocycles. The van der Waals surface area contributed by atoms with Crippen molar-refractivity contribution < 1.29 is 5.11 Å². The van der Waals surface area contributed by atoms with Gasteiger partial charge < -0.3 is 10.0 Å². The average Bonchev–Trinajstić information content (AvgIpc) is 2.99. The van der Waals surface area contributed by atoms with Crippen molar-refractivity contribution >= 4 is 21.9 Å². The van der Waals surface area contributed by atoms with Crippen LogP contribution in [0.3, 0.4) is 0 Å². The van der Waals surface area contributed by atoms with Gasteiger partial charge in [-0.1, -0.05) is 0 Å². The molecule has 3 fully saturated rings.